The number of unbranched alkanes of at least 4 members (excludes halogenated alkanes) is 1. The van der Waals surface area contributed by atoms with Crippen molar-refractivity contribution >= 4 is 17.4 Å². The van der Waals surface area contributed by atoms with E-state index in [1.165, 1.54) is 5.56 Å². The van der Waals surface area contributed by atoms with E-state index in [4.69, 9.17) is 0 Å². The topological polar surface area (TPSA) is 58.1 Å². The molecule has 1 amide bonds. The zero-order chi connectivity index (χ0) is 16.8. The summed E-state index contributed by atoms with van der Waals surface area (Å²) < 4.78 is 0. The fourth-order valence-electron chi connectivity index (χ4n) is 2.17. The molecule has 23 heavy (non-hydrogen) atoms. The van der Waals surface area contributed by atoms with Crippen LogP contribution in [-0.4, -0.2) is 29.7 Å². The molecule has 0 bridgehead atoms. The number of carbonyl (C=O) groups is 1. The highest BCUT2D eigenvalue weighted by atomic mass is 16.1. The molecule has 1 heterocycles. The summed E-state index contributed by atoms with van der Waals surface area (Å²) in [7, 11) is 1.98. The highest BCUT2D eigenvalue weighted by Crippen LogP contribution is 2.15. The first-order valence-corrected chi connectivity index (χ1v) is 7.94. The molecule has 0 spiro atoms. The third kappa shape index (κ3) is 4.52. The molecule has 0 fully saturated rings. The van der Waals surface area contributed by atoms with Gasteiger partial charge in [0.05, 0.1) is 0 Å². The van der Waals surface area contributed by atoms with E-state index >= 15 is 0 Å². The van der Waals surface area contributed by atoms with Gasteiger partial charge >= 0.3 is 0 Å². The zero-order valence-corrected chi connectivity index (χ0v) is 14.3. The van der Waals surface area contributed by atoms with Crippen molar-refractivity contribution in [2.75, 3.05) is 23.8 Å². The van der Waals surface area contributed by atoms with Crippen molar-refractivity contribution in [3.8, 4) is 0 Å². The number of benzene rings is 1. The molecule has 5 nitrogen and oxygen atoms in total. The van der Waals surface area contributed by atoms with Crippen molar-refractivity contribution in [2.24, 2.45) is 0 Å². The van der Waals surface area contributed by atoms with Gasteiger partial charge in [0, 0.05) is 19.3 Å². The van der Waals surface area contributed by atoms with Crippen LogP contribution in [0.15, 0.2) is 30.3 Å². The second kappa shape index (κ2) is 7.72. The molecule has 0 saturated heterocycles. The minimum Gasteiger partial charge on any atom is -0.358 e. The quantitative estimate of drug-likeness (QED) is 0.885. The average Bonchev–Trinajstić information content (AvgIpc) is 2.56. The Kier molecular flexibility index (Phi) is 5.68. The zero-order valence-electron chi connectivity index (χ0n) is 14.3. The van der Waals surface area contributed by atoms with E-state index in [-0.39, 0.29) is 5.91 Å². The maximum absolute atomic E-state index is 12.2. The first-order chi connectivity index (χ1) is 11.0. The predicted molar refractivity (Wildman–Crippen MR) is 94.1 cm³/mol. The maximum Gasteiger partial charge on any atom is 0.276 e. The number of aromatic nitrogens is 2. The smallest absolute Gasteiger partial charge is 0.276 e. The highest BCUT2D eigenvalue weighted by molar-refractivity contribution is 6.02. The first-order valence-electron chi connectivity index (χ1n) is 7.94. The molecule has 0 aliphatic rings. The van der Waals surface area contributed by atoms with Gasteiger partial charge in [0.2, 0.25) is 0 Å². The van der Waals surface area contributed by atoms with Crippen molar-refractivity contribution in [3.05, 3.63) is 47.2 Å². The van der Waals surface area contributed by atoms with Crippen molar-refractivity contribution in [1.82, 2.24) is 10.2 Å². The molecule has 0 atom stereocenters. The van der Waals surface area contributed by atoms with E-state index in [9.17, 15) is 4.79 Å². The monoisotopic (exact) mass is 312 g/mol. The van der Waals surface area contributed by atoms with Crippen LogP contribution in [0, 0.1) is 13.8 Å². The van der Waals surface area contributed by atoms with Gasteiger partial charge in [-0.25, -0.2) is 0 Å². The van der Waals surface area contributed by atoms with Crippen LogP contribution in [0.1, 0.15) is 41.4 Å². The van der Waals surface area contributed by atoms with Crippen LogP contribution in [0.4, 0.5) is 11.5 Å². The number of rotatable bonds is 6. The van der Waals surface area contributed by atoms with Gasteiger partial charge in [-0.2, -0.15) is 0 Å². The molecule has 0 unspecified atom stereocenters. The van der Waals surface area contributed by atoms with E-state index in [0.29, 0.717) is 5.69 Å². The Morgan fingerprint density at radius 2 is 1.91 bits per heavy atom. The number of hydrogen-bond donors (Lipinski definition) is 1. The van der Waals surface area contributed by atoms with Crippen LogP contribution < -0.4 is 10.2 Å². The van der Waals surface area contributed by atoms with Crippen molar-refractivity contribution in [1.29, 1.82) is 0 Å². The Labute approximate surface area is 137 Å². The predicted octanol–water partition coefficient (Wildman–Crippen LogP) is 3.58. The number of hydrogen-bond acceptors (Lipinski definition) is 4. The van der Waals surface area contributed by atoms with Crippen LogP contribution in [0.25, 0.3) is 0 Å². The average molecular weight is 312 g/mol. The Bertz CT molecular complexity index is 667. The molecule has 5 heteroatoms. The lowest BCUT2D eigenvalue weighted by Gasteiger charge is -2.16. The molecule has 1 aromatic carbocycles. The fourth-order valence-corrected chi connectivity index (χ4v) is 2.17. The Hall–Kier alpha value is -2.43. The molecular formula is C18H24N4O. The van der Waals surface area contributed by atoms with Gasteiger partial charge in [0.1, 0.15) is 0 Å². The summed E-state index contributed by atoms with van der Waals surface area (Å²) in [5, 5.41) is 11.0. The van der Waals surface area contributed by atoms with Crippen molar-refractivity contribution in [3.63, 3.8) is 0 Å². The number of anilines is 2. The summed E-state index contributed by atoms with van der Waals surface area (Å²) in [5.74, 6) is 0.532. The highest BCUT2D eigenvalue weighted by Gasteiger charge is 2.10. The lowest BCUT2D eigenvalue weighted by atomic mass is 10.1. The Morgan fingerprint density at radius 3 is 2.52 bits per heavy atom. The molecule has 1 N–H and O–H groups in total. The summed E-state index contributed by atoms with van der Waals surface area (Å²) in [5.41, 5.74) is 3.42. The van der Waals surface area contributed by atoms with Gasteiger partial charge in [-0.1, -0.05) is 19.4 Å². The molecular weight excluding hydrogens is 288 g/mol. The minimum atomic E-state index is -0.247. The lowest BCUT2D eigenvalue weighted by Crippen LogP contribution is -2.21. The van der Waals surface area contributed by atoms with Crippen LogP contribution in [0.2, 0.25) is 0 Å². The second-order valence-corrected chi connectivity index (χ2v) is 5.81. The van der Waals surface area contributed by atoms with Gasteiger partial charge in [-0.05, 0) is 55.7 Å². The van der Waals surface area contributed by atoms with Gasteiger partial charge in [-0.3, -0.25) is 4.79 Å². The molecule has 2 rings (SSSR count). The summed E-state index contributed by atoms with van der Waals surface area (Å²) >= 11 is 0. The lowest BCUT2D eigenvalue weighted by molar-refractivity contribution is 0.102. The van der Waals surface area contributed by atoms with E-state index in [1.807, 2.05) is 50.1 Å². The van der Waals surface area contributed by atoms with Gasteiger partial charge in [-0.15, -0.1) is 10.2 Å². The van der Waals surface area contributed by atoms with Crippen molar-refractivity contribution < 1.29 is 4.79 Å². The molecule has 0 aliphatic heterocycles. The molecule has 2 aromatic rings. The van der Waals surface area contributed by atoms with Crippen molar-refractivity contribution in [2.45, 2.75) is 33.6 Å². The van der Waals surface area contributed by atoms with Crippen LogP contribution in [0.5, 0.6) is 0 Å². The standard InChI is InChI=1S/C18H24N4O/c1-5-6-11-22(4)17-10-9-16(20-21-17)18(23)19-15-8-7-13(2)14(3)12-15/h7-10,12H,5-6,11H2,1-4H3,(H,19,23). The Morgan fingerprint density at radius 1 is 1.13 bits per heavy atom. The molecule has 122 valence electrons. The van der Waals surface area contributed by atoms with Gasteiger partial charge in [0.15, 0.2) is 11.5 Å². The number of amides is 1. The number of carbonyl (C=O) groups excluding carboxylic acids is 1. The summed E-state index contributed by atoms with van der Waals surface area (Å²) in [6.45, 7) is 7.14. The molecule has 0 saturated carbocycles. The second-order valence-electron chi connectivity index (χ2n) is 5.81. The summed E-state index contributed by atoms with van der Waals surface area (Å²) in [6, 6.07) is 9.37. The van der Waals surface area contributed by atoms with E-state index in [1.54, 1.807) is 6.07 Å². The van der Waals surface area contributed by atoms with Crippen LogP contribution in [-0.2, 0) is 0 Å². The largest absolute Gasteiger partial charge is 0.358 e. The molecule has 0 aliphatic carbocycles. The van der Waals surface area contributed by atoms with Crippen LogP contribution in [0.3, 0.4) is 0 Å². The van der Waals surface area contributed by atoms with E-state index < -0.39 is 0 Å². The third-order valence-electron chi connectivity index (χ3n) is 3.89. The minimum absolute atomic E-state index is 0.247. The number of aryl methyl sites for hydroxylation is 2. The number of nitrogens with zero attached hydrogens (tertiary/aromatic N) is 3. The van der Waals surface area contributed by atoms with E-state index in [2.05, 4.69) is 22.4 Å². The Balaban J connectivity index is 2.03. The number of nitrogens with one attached hydrogen (secondary N) is 1. The van der Waals surface area contributed by atoms with E-state index in [0.717, 1.165) is 36.5 Å². The maximum atomic E-state index is 12.2. The third-order valence-corrected chi connectivity index (χ3v) is 3.89. The molecule has 0 radical (unpaired) electrons. The fraction of sp³-hybridized carbons (Fsp3) is 0.389. The van der Waals surface area contributed by atoms with Crippen LogP contribution >= 0.6 is 0 Å². The SMILES string of the molecule is CCCCN(C)c1ccc(C(=O)Nc2ccc(C)c(C)c2)nn1. The summed E-state index contributed by atoms with van der Waals surface area (Å²) in [6.07, 6.45) is 2.24. The molecule has 1 aromatic heterocycles. The summed E-state index contributed by atoms with van der Waals surface area (Å²) in [4.78, 5) is 14.3. The van der Waals surface area contributed by atoms with Gasteiger partial charge < -0.3 is 10.2 Å². The first kappa shape index (κ1) is 16.9. The normalized spacial score (nSPS) is 10.4. The van der Waals surface area contributed by atoms with Gasteiger partial charge in [0.25, 0.3) is 5.91 Å².